The topological polar surface area (TPSA) is 69.6 Å². The number of aliphatic carboxylic acids is 1. The first kappa shape index (κ1) is 12.3. The molecule has 6 heteroatoms. The highest BCUT2D eigenvalue weighted by Gasteiger charge is 2.15. The van der Waals surface area contributed by atoms with Crippen LogP contribution in [0.1, 0.15) is 0 Å². The van der Waals surface area contributed by atoms with E-state index < -0.39 is 12.0 Å². The first-order valence-corrected chi connectivity index (χ1v) is 5.48. The Hall–Kier alpha value is -1.82. The zero-order chi connectivity index (χ0) is 12.0. The minimum Gasteiger partial charge on any atom is -0.480 e. The largest absolute Gasteiger partial charge is 0.480 e. The van der Waals surface area contributed by atoms with Crippen molar-refractivity contribution >= 4 is 29.0 Å². The van der Waals surface area contributed by atoms with E-state index in [9.17, 15) is 9.59 Å². The highest BCUT2D eigenvalue weighted by molar-refractivity contribution is 7.08. The standard InChI is InChI=1S/C10H12N2O3S/c1-2-4-12(6-9(13)14)10(15)11-8-3-5-16-7-8/h2-3,5,7H,1,4,6H2,(H,11,15)(H,13,14). The van der Waals surface area contributed by atoms with Gasteiger partial charge in [-0.05, 0) is 11.4 Å². The first-order valence-electron chi connectivity index (χ1n) is 4.54. The van der Waals surface area contributed by atoms with Crippen LogP contribution in [0.5, 0.6) is 0 Å². The Morgan fingerprint density at radius 2 is 2.38 bits per heavy atom. The van der Waals surface area contributed by atoms with Gasteiger partial charge in [0.2, 0.25) is 0 Å². The third-order valence-electron chi connectivity index (χ3n) is 1.74. The number of rotatable bonds is 5. The second kappa shape index (κ2) is 5.92. The van der Waals surface area contributed by atoms with E-state index >= 15 is 0 Å². The Balaban J connectivity index is 2.59. The molecule has 0 radical (unpaired) electrons. The Morgan fingerprint density at radius 3 is 2.88 bits per heavy atom. The summed E-state index contributed by atoms with van der Waals surface area (Å²) >= 11 is 1.45. The molecule has 1 heterocycles. The fourth-order valence-corrected chi connectivity index (χ4v) is 1.66. The average Bonchev–Trinajstić information content (AvgIpc) is 2.69. The van der Waals surface area contributed by atoms with Crippen molar-refractivity contribution in [3.05, 3.63) is 29.5 Å². The van der Waals surface area contributed by atoms with E-state index in [0.717, 1.165) is 4.90 Å². The van der Waals surface area contributed by atoms with E-state index in [1.165, 1.54) is 17.4 Å². The molecule has 0 aliphatic heterocycles. The summed E-state index contributed by atoms with van der Waals surface area (Å²) in [4.78, 5) is 23.3. The van der Waals surface area contributed by atoms with Gasteiger partial charge in [0.1, 0.15) is 6.54 Å². The average molecular weight is 240 g/mol. The lowest BCUT2D eigenvalue weighted by Gasteiger charge is -2.18. The van der Waals surface area contributed by atoms with Crippen LogP contribution < -0.4 is 5.32 Å². The van der Waals surface area contributed by atoms with Crippen molar-refractivity contribution in [2.75, 3.05) is 18.4 Å². The lowest BCUT2D eigenvalue weighted by molar-refractivity contribution is -0.137. The Bertz CT molecular complexity index is 375. The lowest BCUT2D eigenvalue weighted by Crippen LogP contribution is -2.38. The van der Waals surface area contributed by atoms with Gasteiger partial charge in [-0.2, -0.15) is 11.3 Å². The summed E-state index contributed by atoms with van der Waals surface area (Å²) < 4.78 is 0. The first-order chi connectivity index (χ1) is 7.63. The van der Waals surface area contributed by atoms with Crippen LogP contribution in [0.15, 0.2) is 29.5 Å². The molecule has 0 aromatic carbocycles. The molecular weight excluding hydrogens is 228 g/mol. The predicted octanol–water partition coefficient (Wildman–Crippen LogP) is 1.85. The smallest absolute Gasteiger partial charge is 0.323 e. The van der Waals surface area contributed by atoms with Crippen LogP contribution >= 0.6 is 11.3 Å². The highest BCUT2D eigenvalue weighted by Crippen LogP contribution is 2.12. The Kier molecular flexibility index (Phi) is 4.53. The molecule has 0 fully saturated rings. The molecule has 1 rings (SSSR count). The maximum atomic E-state index is 11.6. The van der Waals surface area contributed by atoms with Gasteiger partial charge in [0.05, 0.1) is 5.69 Å². The van der Waals surface area contributed by atoms with Crippen molar-refractivity contribution in [2.45, 2.75) is 0 Å². The summed E-state index contributed by atoms with van der Waals surface area (Å²) in [5.74, 6) is -1.05. The summed E-state index contributed by atoms with van der Waals surface area (Å²) in [6.45, 7) is 3.33. The molecule has 86 valence electrons. The van der Waals surface area contributed by atoms with Gasteiger partial charge in [-0.15, -0.1) is 6.58 Å². The molecule has 1 aromatic rings. The number of amides is 2. The maximum absolute atomic E-state index is 11.6. The molecule has 1 aromatic heterocycles. The molecule has 0 atom stereocenters. The quantitative estimate of drug-likeness (QED) is 0.772. The fourth-order valence-electron chi connectivity index (χ4n) is 1.08. The van der Waals surface area contributed by atoms with Crippen molar-refractivity contribution in [3.63, 3.8) is 0 Å². The fraction of sp³-hybridized carbons (Fsp3) is 0.200. The SMILES string of the molecule is C=CCN(CC(=O)O)C(=O)Nc1ccsc1. The van der Waals surface area contributed by atoms with Gasteiger partial charge >= 0.3 is 12.0 Å². The summed E-state index contributed by atoms with van der Waals surface area (Å²) in [7, 11) is 0. The molecule has 0 aliphatic rings. The second-order valence-corrected chi connectivity index (χ2v) is 3.79. The summed E-state index contributed by atoms with van der Waals surface area (Å²) in [6, 6.07) is 1.30. The molecule has 0 bridgehead atoms. The Labute approximate surface area is 97.0 Å². The van der Waals surface area contributed by atoms with E-state index in [1.54, 1.807) is 11.4 Å². The van der Waals surface area contributed by atoms with Gasteiger partial charge in [0, 0.05) is 11.9 Å². The number of carbonyl (C=O) groups is 2. The molecular formula is C10H12N2O3S. The van der Waals surface area contributed by atoms with Gasteiger partial charge < -0.3 is 15.3 Å². The summed E-state index contributed by atoms with van der Waals surface area (Å²) in [5.41, 5.74) is 0.662. The van der Waals surface area contributed by atoms with Gasteiger partial charge in [-0.3, -0.25) is 4.79 Å². The zero-order valence-electron chi connectivity index (χ0n) is 8.55. The van der Waals surface area contributed by atoms with Crippen molar-refractivity contribution in [2.24, 2.45) is 0 Å². The minimum atomic E-state index is -1.05. The number of anilines is 1. The van der Waals surface area contributed by atoms with E-state index in [1.807, 2.05) is 5.38 Å². The van der Waals surface area contributed by atoms with Crippen LogP contribution in [0.4, 0.5) is 10.5 Å². The molecule has 0 aliphatic carbocycles. The number of nitrogens with one attached hydrogen (secondary N) is 1. The molecule has 0 spiro atoms. The second-order valence-electron chi connectivity index (χ2n) is 3.01. The van der Waals surface area contributed by atoms with Crippen LogP contribution in [0.3, 0.4) is 0 Å². The third kappa shape index (κ3) is 3.74. The van der Waals surface area contributed by atoms with Crippen LogP contribution in [-0.2, 0) is 4.79 Å². The number of hydrogen-bond donors (Lipinski definition) is 2. The number of thiophene rings is 1. The predicted molar refractivity (Wildman–Crippen MR) is 62.7 cm³/mol. The van der Waals surface area contributed by atoms with Crippen molar-refractivity contribution < 1.29 is 14.7 Å². The molecule has 2 amide bonds. The number of carboxylic acid groups (broad SMARTS) is 1. The van der Waals surface area contributed by atoms with Gasteiger partial charge in [-0.1, -0.05) is 6.08 Å². The molecule has 0 unspecified atom stereocenters. The van der Waals surface area contributed by atoms with Gasteiger partial charge in [-0.25, -0.2) is 4.79 Å². The van der Waals surface area contributed by atoms with Crippen LogP contribution in [0, 0.1) is 0 Å². The molecule has 0 saturated heterocycles. The van der Waals surface area contributed by atoms with Crippen molar-refractivity contribution in [3.8, 4) is 0 Å². The number of urea groups is 1. The van der Waals surface area contributed by atoms with Crippen molar-refractivity contribution in [1.29, 1.82) is 0 Å². The van der Waals surface area contributed by atoms with Crippen LogP contribution in [-0.4, -0.2) is 35.1 Å². The van der Waals surface area contributed by atoms with Crippen molar-refractivity contribution in [1.82, 2.24) is 4.90 Å². The number of carbonyl (C=O) groups excluding carboxylic acids is 1. The van der Waals surface area contributed by atoms with Gasteiger partial charge in [0.15, 0.2) is 0 Å². The van der Waals surface area contributed by atoms with E-state index in [2.05, 4.69) is 11.9 Å². The van der Waals surface area contributed by atoms with Crippen LogP contribution in [0.2, 0.25) is 0 Å². The number of nitrogens with zero attached hydrogens (tertiary/aromatic N) is 1. The zero-order valence-corrected chi connectivity index (χ0v) is 9.37. The third-order valence-corrected chi connectivity index (χ3v) is 2.42. The summed E-state index contributed by atoms with van der Waals surface area (Å²) in [6.07, 6.45) is 1.48. The number of hydrogen-bond acceptors (Lipinski definition) is 3. The van der Waals surface area contributed by atoms with E-state index in [-0.39, 0.29) is 13.1 Å². The van der Waals surface area contributed by atoms with Gasteiger partial charge in [0.25, 0.3) is 0 Å². The molecule has 2 N–H and O–H groups in total. The van der Waals surface area contributed by atoms with Crippen LogP contribution in [0.25, 0.3) is 0 Å². The Morgan fingerprint density at radius 1 is 1.62 bits per heavy atom. The normalized spacial score (nSPS) is 9.50. The molecule has 0 saturated carbocycles. The monoisotopic (exact) mass is 240 g/mol. The molecule has 5 nitrogen and oxygen atoms in total. The highest BCUT2D eigenvalue weighted by atomic mass is 32.1. The maximum Gasteiger partial charge on any atom is 0.323 e. The summed E-state index contributed by atoms with van der Waals surface area (Å²) in [5, 5.41) is 14.8. The minimum absolute atomic E-state index is 0.197. The number of carboxylic acids is 1. The molecule has 16 heavy (non-hydrogen) atoms. The van der Waals surface area contributed by atoms with E-state index in [4.69, 9.17) is 5.11 Å². The lowest BCUT2D eigenvalue weighted by atomic mass is 10.4. The van der Waals surface area contributed by atoms with E-state index in [0.29, 0.717) is 5.69 Å².